The van der Waals surface area contributed by atoms with Crippen LogP contribution in [-0.2, 0) is 0 Å². The molecule has 0 aliphatic rings. The molecule has 0 bridgehead atoms. The Kier molecular flexibility index (Phi) is 3.40. The number of pyridine rings is 1. The van der Waals surface area contributed by atoms with E-state index in [1.807, 2.05) is 0 Å². The van der Waals surface area contributed by atoms with Gasteiger partial charge in [-0.2, -0.15) is 0 Å². The first-order valence-corrected chi connectivity index (χ1v) is 7.78. The normalized spacial score (nSPS) is 11.2. The summed E-state index contributed by atoms with van der Waals surface area (Å²) in [5.74, 6) is 0. The van der Waals surface area contributed by atoms with Crippen molar-refractivity contribution in [3.8, 4) is 11.1 Å². The molecule has 0 aliphatic carbocycles. The first-order valence-electron chi connectivity index (χ1n) is 7.03. The number of rotatable bonds is 1. The molecule has 4 aromatic rings. The number of H-pyrrole nitrogens is 2. The third-order valence-electron chi connectivity index (χ3n) is 3.83. The Labute approximate surface area is 144 Å². The monoisotopic (exact) mass is 357 g/mol. The number of aromatic nitrogens is 3. The second kappa shape index (κ2) is 5.47. The molecule has 118 valence electrons. The second-order valence-corrected chi connectivity index (χ2v) is 6.14. The van der Waals surface area contributed by atoms with Crippen molar-refractivity contribution in [3.63, 3.8) is 0 Å². The molecule has 0 fully saturated rings. The summed E-state index contributed by atoms with van der Waals surface area (Å²) in [7, 11) is 0. The van der Waals surface area contributed by atoms with Gasteiger partial charge in [0.1, 0.15) is 5.52 Å². The van der Waals surface area contributed by atoms with E-state index in [0.717, 1.165) is 0 Å². The fourth-order valence-electron chi connectivity index (χ4n) is 2.79. The molecule has 1 aromatic carbocycles. The molecular formula is C17H9Cl2N3O2. The largest absolute Gasteiger partial charge is 0.350 e. The van der Waals surface area contributed by atoms with E-state index in [1.54, 1.807) is 42.7 Å². The zero-order valence-corrected chi connectivity index (χ0v) is 13.6. The van der Waals surface area contributed by atoms with Crippen molar-refractivity contribution in [2.75, 3.05) is 0 Å². The van der Waals surface area contributed by atoms with Gasteiger partial charge in [-0.05, 0) is 35.9 Å². The van der Waals surface area contributed by atoms with Gasteiger partial charge in [0.25, 0.3) is 11.1 Å². The Morgan fingerprint density at radius 3 is 2.42 bits per heavy atom. The Morgan fingerprint density at radius 2 is 1.67 bits per heavy atom. The number of aromatic amines is 2. The van der Waals surface area contributed by atoms with Crippen molar-refractivity contribution in [3.05, 3.63) is 73.5 Å². The molecule has 0 radical (unpaired) electrons. The highest BCUT2D eigenvalue weighted by Gasteiger charge is 2.13. The minimum absolute atomic E-state index is 0.270. The SMILES string of the molecule is O=c1[nH]c(=O)c2[nH]c3cc(Cl)cc(Cl)c3c2cc1-c1ccncc1. The van der Waals surface area contributed by atoms with Crippen LogP contribution in [0.3, 0.4) is 0 Å². The van der Waals surface area contributed by atoms with Crippen LogP contribution < -0.4 is 11.1 Å². The highest BCUT2D eigenvalue weighted by atomic mass is 35.5. The van der Waals surface area contributed by atoms with E-state index in [9.17, 15) is 9.59 Å². The zero-order valence-electron chi connectivity index (χ0n) is 12.1. The van der Waals surface area contributed by atoms with Gasteiger partial charge in [0.2, 0.25) is 0 Å². The maximum absolute atomic E-state index is 12.4. The van der Waals surface area contributed by atoms with E-state index in [-0.39, 0.29) is 5.52 Å². The van der Waals surface area contributed by atoms with Gasteiger partial charge in [-0.25, -0.2) is 0 Å². The van der Waals surface area contributed by atoms with Gasteiger partial charge >= 0.3 is 0 Å². The Balaban J connectivity index is 2.24. The average molecular weight is 358 g/mol. The molecule has 3 aromatic heterocycles. The summed E-state index contributed by atoms with van der Waals surface area (Å²) in [4.78, 5) is 34.1. The Morgan fingerprint density at radius 1 is 0.917 bits per heavy atom. The van der Waals surface area contributed by atoms with Gasteiger partial charge in [0.15, 0.2) is 0 Å². The predicted octanol–water partition coefficient (Wildman–Crippen LogP) is 3.74. The lowest BCUT2D eigenvalue weighted by atomic mass is 10.1. The van der Waals surface area contributed by atoms with Gasteiger partial charge in [0, 0.05) is 39.3 Å². The van der Waals surface area contributed by atoms with Crippen molar-refractivity contribution in [2.24, 2.45) is 0 Å². The molecule has 0 spiro atoms. The van der Waals surface area contributed by atoms with Crippen molar-refractivity contribution < 1.29 is 0 Å². The first-order chi connectivity index (χ1) is 11.5. The number of benzene rings is 1. The second-order valence-electron chi connectivity index (χ2n) is 5.30. The molecule has 3 heterocycles. The molecule has 2 N–H and O–H groups in total. The van der Waals surface area contributed by atoms with Crippen LogP contribution in [0.4, 0.5) is 0 Å². The fourth-order valence-corrected chi connectivity index (χ4v) is 3.38. The molecule has 0 saturated heterocycles. The zero-order chi connectivity index (χ0) is 16.8. The number of fused-ring (bicyclic) bond motifs is 3. The summed E-state index contributed by atoms with van der Waals surface area (Å²) < 4.78 is 0. The maximum Gasteiger partial charge on any atom is 0.275 e. The molecule has 0 atom stereocenters. The highest BCUT2D eigenvalue weighted by Crippen LogP contribution is 2.33. The number of nitrogens with one attached hydrogen (secondary N) is 2. The van der Waals surface area contributed by atoms with E-state index >= 15 is 0 Å². The molecule has 0 aliphatic heterocycles. The van der Waals surface area contributed by atoms with E-state index in [0.29, 0.717) is 37.5 Å². The Bertz CT molecular complexity index is 1210. The van der Waals surface area contributed by atoms with Crippen LogP contribution >= 0.6 is 23.2 Å². The van der Waals surface area contributed by atoms with Crippen LogP contribution in [-0.4, -0.2) is 15.0 Å². The van der Waals surface area contributed by atoms with Crippen LogP contribution in [0.1, 0.15) is 0 Å². The van der Waals surface area contributed by atoms with Gasteiger partial charge in [0.05, 0.1) is 5.02 Å². The molecule has 24 heavy (non-hydrogen) atoms. The van der Waals surface area contributed by atoms with Crippen molar-refractivity contribution >= 4 is 45.0 Å². The van der Waals surface area contributed by atoms with Crippen LogP contribution in [0.15, 0.2) is 52.3 Å². The number of hydrogen-bond acceptors (Lipinski definition) is 3. The standard InChI is InChI=1S/C17H9Cl2N3O2/c18-9-5-12(19)14-11-7-10(8-1-3-20-4-2-8)16(23)22-17(24)15(11)21-13(14)6-9/h1-7,21H,(H,22,23,24). The first kappa shape index (κ1) is 14.9. The lowest BCUT2D eigenvalue weighted by Gasteiger charge is -1.98. The summed E-state index contributed by atoms with van der Waals surface area (Å²) in [6.45, 7) is 0. The Hall–Kier alpha value is -2.63. The van der Waals surface area contributed by atoms with E-state index in [4.69, 9.17) is 23.2 Å². The molecule has 4 rings (SSSR count). The van der Waals surface area contributed by atoms with E-state index in [1.165, 1.54) is 0 Å². The van der Waals surface area contributed by atoms with Gasteiger partial charge in [-0.15, -0.1) is 0 Å². The van der Waals surface area contributed by atoms with Crippen LogP contribution in [0.2, 0.25) is 10.0 Å². The lowest BCUT2D eigenvalue weighted by molar-refractivity contribution is 1.20. The summed E-state index contributed by atoms with van der Waals surface area (Å²) in [5.41, 5.74) is 0.922. The molecule has 0 unspecified atom stereocenters. The topological polar surface area (TPSA) is 78.6 Å². The lowest BCUT2D eigenvalue weighted by Crippen LogP contribution is -2.15. The summed E-state index contributed by atoms with van der Waals surface area (Å²) >= 11 is 12.3. The van der Waals surface area contributed by atoms with Gasteiger partial charge < -0.3 is 4.98 Å². The average Bonchev–Trinajstić information content (AvgIpc) is 2.86. The number of halogens is 2. The van der Waals surface area contributed by atoms with Crippen LogP contribution in [0, 0.1) is 0 Å². The van der Waals surface area contributed by atoms with Crippen molar-refractivity contribution in [2.45, 2.75) is 0 Å². The van der Waals surface area contributed by atoms with Crippen LogP contribution in [0.25, 0.3) is 32.9 Å². The summed E-state index contributed by atoms with van der Waals surface area (Å²) in [6.07, 6.45) is 3.16. The fraction of sp³-hybridized carbons (Fsp3) is 0. The molecule has 0 saturated carbocycles. The molecule has 7 heteroatoms. The summed E-state index contributed by atoms with van der Waals surface area (Å²) in [5, 5.41) is 2.07. The highest BCUT2D eigenvalue weighted by molar-refractivity contribution is 6.40. The van der Waals surface area contributed by atoms with E-state index in [2.05, 4.69) is 15.0 Å². The third-order valence-corrected chi connectivity index (χ3v) is 4.35. The van der Waals surface area contributed by atoms with Crippen LogP contribution in [0.5, 0.6) is 0 Å². The predicted molar refractivity (Wildman–Crippen MR) is 95.9 cm³/mol. The number of hydrogen-bond donors (Lipinski definition) is 2. The van der Waals surface area contributed by atoms with Crippen molar-refractivity contribution in [1.29, 1.82) is 0 Å². The molecular weight excluding hydrogens is 349 g/mol. The smallest absolute Gasteiger partial charge is 0.275 e. The maximum atomic E-state index is 12.4. The third kappa shape index (κ3) is 2.29. The van der Waals surface area contributed by atoms with E-state index < -0.39 is 11.1 Å². The molecule has 5 nitrogen and oxygen atoms in total. The van der Waals surface area contributed by atoms with Gasteiger partial charge in [-0.3, -0.25) is 19.6 Å². The molecule has 0 amide bonds. The minimum atomic E-state index is -0.515. The number of nitrogens with zero attached hydrogens (tertiary/aromatic N) is 1. The van der Waals surface area contributed by atoms with Crippen molar-refractivity contribution in [1.82, 2.24) is 15.0 Å². The minimum Gasteiger partial charge on any atom is -0.350 e. The summed E-state index contributed by atoms with van der Waals surface area (Å²) in [6, 6.07) is 8.35. The quantitative estimate of drug-likeness (QED) is 0.544. The van der Waals surface area contributed by atoms with Gasteiger partial charge in [-0.1, -0.05) is 23.2 Å².